The Morgan fingerprint density at radius 1 is 0.833 bits per heavy atom. The second-order valence-electron chi connectivity index (χ2n) is 5.93. The molecule has 30 heavy (non-hydrogen) atoms. The minimum Gasteiger partial charge on any atom is -0.492 e. The van der Waals surface area contributed by atoms with Crippen LogP contribution in [0.25, 0.3) is 0 Å². The molecule has 160 valence electrons. The molecule has 3 amide bonds. The highest BCUT2D eigenvalue weighted by Crippen LogP contribution is 2.27. The van der Waals surface area contributed by atoms with E-state index in [1.165, 1.54) is 18.2 Å². The van der Waals surface area contributed by atoms with Crippen molar-refractivity contribution in [1.29, 1.82) is 0 Å². The molecule has 0 fully saturated rings. The van der Waals surface area contributed by atoms with Gasteiger partial charge in [-0.05, 0) is 42.8 Å². The smallest absolute Gasteiger partial charge is 0.257 e. The molecule has 2 rings (SSSR count). The summed E-state index contributed by atoms with van der Waals surface area (Å²) in [6.45, 7) is -0.100. The van der Waals surface area contributed by atoms with Gasteiger partial charge < -0.3 is 10.1 Å². The van der Waals surface area contributed by atoms with Crippen molar-refractivity contribution < 1.29 is 19.1 Å². The lowest BCUT2D eigenvalue weighted by Crippen LogP contribution is -2.46. The van der Waals surface area contributed by atoms with Crippen molar-refractivity contribution in [2.75, 3.05) is 13.2 Å². The molecule has 0 spiro atoms. The van der Waals surface area contributed by atoms with Crippen LogP contribution in [0, 0.1) is 0 Å². The standard InChI is InChI=1S/C19H17Cl4N3O4/c20-11-3-5-13(14(22)8-11)19(29)24-10-18(28)26-25-17(27)2-1-7-30-16-6-4-12(21)9-15(16)23/h3-6,8-9H,1-2,7,10H2,(H,24,29)(H,25,27)(H,26,28). The van der Waals surface area contributed by atoms with Crippen LogP contribution < -0.4 is 20.9 Å². The van der Waals surface area contributed by atoms with E-state index in [1.807, 2.05) is 0 Å². The zero-order valence-electron chi connectivity index (χ0n) is 15.4. The Bertz CT molecular complexity index is 940. The first-order valence-electron chi connectivity index (χ1n) is 8.65. The van der Waals surface area contributed by atoms with Gasteiger partial charge in [-0.15, -0.1) is 0 Å². The molecule has 0 atom stereocenters. The number of hydrazine groups is 1. The van der Waals surface area contributed by atoms with Crippen molar-refractivity contribution in [2.45, 2.75) is 12.8 Å². The molecule has 2 aromatic rings. The number of hydrogen-bond donors (Lipinski definition) is 3. The van der Waals surface area contributed by atoms with E-state index in [2.05, 4.69) is 16.2 Å². The predicted molar refractivity (Wildman–Crippen MR) is 116 cm³/mol. The van der Waals surface area contributed by atoms with E-state index in [0.29, 0.717) is 27.2 Å². The summed E-state index contributed by atoms with van der Waals surface area (Å²) in [4.78, 5) is 35.5. The summed E-state index contributed by atoms with van der Waals surface area (Å²) in [5.41, 5.74) is 4.63. The summed E-state index contributed by atoms with van der Waals surface area (Å²) in [6.07, 6.45) is 0.505. The van der Waals surface area contributed by atoms with E-state index < -0.39 is 17.7 Å². The molecule has 3 N–H and O–H groups in total. The van der Waals surface area contributed by atoms with Crippen molar-refractivity contribution >= 4 is 64.1 Å². The van der Waals surface area contributed by atoms with Crippen molar-refractivity contribution in [3.8, 4) is 5.75 Å². The zero-order chi connectivity index (χ0) is 22.1. The Kier molecular flexibility index (Phi) is 9.52. The van der Waals surface area contributed by atoms with E-state index in [4.69, 9.17) is 51.1 Å². The van der Waals surface area contributed by atoms with Gasteiger partial charge in [-0.25, -0.2) is 0 Å². The highest BCUT2D eigenvalue weighted by Gasteiger charge is 2.12. The molecule has 0 aromatic heterocycles. The Labute approximate surface area is 192 Å². The first-order chi connectivity index (χ1) is 14.3. The second kappa shape index (κ2) is 11.9. The maximum absolute atomic E-state index is 12.0. The van der Waals surface area contributed by atoms with Crippen molar-refractivity contribution in [2.24, 2.45) is 0 Å². The SMILES string of the molecule is O=C(CCCOc1ccc(Cl)cc1Cl)NNC(=O)CNC(=O)c1ccc(Cl)cc1Cl. The van der Waals surface area contributed by atoms with Gasteiger partial charge in [0.05, 0.1) is 28.8 Å². The van der Waals surface area contributed by atoms with Gasteiger partial charge in [0.1, 0.15) is 5.75 Å². The van der Waals surface area contributed by atoms with Crippen molar-refractivity contribution in [1.82, 2.24) is 16.2 Å². The highest BCUT2D eigenvalue weighted by molar-refractivity contribution is 6.37. The second-order valence-corrected chi connectivity index (χ2v) is 7.62. The average molecular weight is 493 g/mol. The molecule has 0 heterocycles. The van der Waals surface area contributed by atoms with Gasteiger partial charge in [-0.1, -0.05) is 46.4 Å². The van der Waals surface area contributed by atoms with E-state index in [1.54, 1.807) is 18.2 Å². The van der Waals surface area contributed by atoms with Gasteiger partial charge >= 0.3 is 0 Å². The number of amides is 3. The van der Waals surface area contributed by atoms with Crippen LogP contribution in [-0.4, -0.2) is 30.9 Å². The van der Waals surface area contributed by atoms with Crippen LogP contribution in [0.15, 0.2) is 36.4 Å². The number of hydrogen-bond acceptors (Lipinski definition) is 4. The van der Waals surface area contributed by atoms with Crippen LogP contribution in [-0.2, 0) is 9.59 Å². The fourth-order valence-electron chi connectivity index (χ4n) is 2.18. The fourth-order valence-corrected chi connectivity index (χ4v) is 3.14. The summed E-state index contributed by atoms with van der Waals surface area (Å²) in [7, 11) is 0. The monoisotopic (exact) mass is 491 g/mol. The average Bonchev–Trinajstić information content (AvgIpc) is 2.69. The van der Waals surface area contributed by atoms with Crippen LogP contribution in [0.1, 0.15) is 23.2 Å². The van der Waals surface area contributed by atoms with Crippen LogP contribution in [0.5, 0.6) is 5.75 Å². The summed E-state index contributed by atoms with van der Waals surface area (Å²) in [5.74, 6) is -1.10. The van der Waals surface area contributed by atoms with Gasteiger partial charge in [-0.2, -0.15) is 0 Å². The summed E-state index contributed by atoms with van der Waals surface area (Å²) >= 11 is 23.5. The van der Waals surface area contributed by atoms with Gasteiger partial charge in [0.25, 0.3) is 11.8 Å². The summed E-state index contributed by atoms with van der Waals surface area (Å²) in [5, 5.41) is 3.81. The molecule has 0 saturated carbocycles. The number of nitrogens with one attached hydrogen (secondary N) is 3. The lowest BCUT2D eigenvalue weighted by Gasteiger charge is -2.10. The van der Waals surface area contributed by atoms with E-state index in [-0.39, 0.29) is 30.2 Å². The quantitative estimate of drug-likeness (QED) is 0.382. The molecule has 2 aromatic carbocycles. The van der Waals surface area contributed by atoms with Gasteiger partial charge in [0.2, 0.25) is 5.91 Å². The summed E-state index contributed by atoms with van der Waals surface area (Å²) < 4.78 is 5.47. The van der Waals surface area contributed by atoms with Crippen LogP contribution >= 0.6 is 46.4 Å². The molecule has 0 aliphatic carbocycles. The lowest BCUT2D eigenvalue weighted by atomic mass is 10.2. The first kappa shape index (κ1) is 24.1. The molecule has 0 saturated heterocycles. The number of ether oxygens (including phenoxy) is 1. The first-order valence-corrected chi connectivity index (χ1v) is 10.2. The van der Waals surface area contributed by atoms with Gasteiger partial charge in [-0.3, -0.25) is 25.2 Å². The van der Waals surface area contributed by atoms with E-state index in [9.17, 15) is 14.4 Å². The van der Waals surface area contributed by atoms with Crippen molar-refractivity contribution in [3.63, 3.8) is 0 Å². The maximum atomic E-state index is 12.0. The van der Waals surface area contributed by atoms with Crippen LogP contribution in [0.3, 0.4) is 0 Å². The number of benzene rings is 2. The highest BCUT2D eigenvalue weighted by atomic mass is 35.5. The largest absolute Gasteiger partial charge is 0.492 e. The zero-order valence-corrected chi connectivity index (χ0v) is 18.5. The molecule has 0 unspecified atom stereocenters. The fraction of sp³-hybridized carbons (Fsp3) is 0.211. The summed E-state index contributed by atoms with van der Waals surface area (Å²) in [6, 6.07) is 9.20. The predicted octanol–water partition coefficient (Wildman–Crippen LogP) is 4.04. The number of carbonyl (C=O) groups is 3. The molecule has 0 aliphatic heterocycles. The minimum atomic E-state index is -0.606. The van der Waals surface area contributed by atoms with Crippen LogP contribution in [0.4, 0.5) is 0 Å². The Morgan fingerprint density at radius 2 is 1.47 bits per heavy atom. The minimum absolute atomic E-state index is 0.109. The number of carbonyl (C=O) groups excluding carboxylic acids is 3. The van der Waals surface area contributed by atoms with E-state index in [0.717, 1.165) is 0 Å². The molecular weight excluding hydrogens is 476 g/mol. The molecule has 0 bridgehead atoms. The normalized spacial score (nSPS) is 10.3. The van der Waals surface area contributed by atoms with Crippen molar-refractivity contribution in [3.05, 3.63) is 62.1 Å². The lowest BCUT2D eigenvalue weighted by molar-refractivity contribution is -0.128. The third-order valence-electron chi connectivity index (χ3n) is 3.63. The maximum Gasteiger partial charge on any atom is 0.257 e. The Morgan fingerprint density at radius 3 is 2.13 bits per heavy atom. The van der Waals surface area contributed by atoms with Gasteiger partial charge in [0, 0.05) is 16.5 Å². The molecule has 11 heteroatoms. The van der Waals surface area contributed by atoms with Gasteiger partial charge in [0.15, 0.2) is 0 Å². The molecule has 0 aliphatic rings. The van der Waals surface area contributed by atoms with Crippen LogP contribution in [0.2, 0.25) is 20.1 Å². The molecule has 7 nitrogen and oxygen atoms in total. The third kappa shape index (κ3) is 7.91. The number of halogens is 4. The topological polar surface area (TPSA) is 96.5 Å². The Hall–Kier alpha value is -2.19. The van der Waals surface area contributed by atoms with E-state index >= 15 is 0 Å². The number of rotatable bonds is 8. The Balaban J connectivity index is 1.63. The third-order valence-corrected chi connectivity index (χ3v) is 4.70. The molecule has 0 radical (unpaired) electrons. The molecular formula is C19H17Cl4N3O4.